The molecule has 3 nitrogen and oxygen atoms in total. The number of carbonyl (C=O) groups is 1. The molecule has 0 bridgehead atoms. The quantitative estimate of drug-likeness (QED) is 0.631. The van der Waals surface area contributed by atoms with Gasteiger partial charge in [0.25, 0.3) is 0 Å². The number of carbonyl (C=O) groups excluding carboxylic acids is 1. The number of halogens is 3. The molecule has 2 aromatic heterocycles. The van der Waals surface area contributed by atoms with E-state index in [4.69, 9.17) is 11.6 Å². The summed E-state index contributed by atoms with van der Waals surface area (Å²) in [6.45, 7) is 0. The zero-order chi connectivity index (χ0) is 12.4. The van der Waals surface area contributed by atoms with Gasteiger partial charge in [-0.2, -0.15) is 0 Å². The van der Waals surface area contributed by atoms with Crippen LogP contribution in [0.1, 0.15) is 16.2 Å². The van der Waals surface area contributed by atoms with Crippen molar-refractivity contribution in [3.8, 4) is 0 Å². The average Bonchev–Trinajstić information content (AvgIpc) is 2.33. The number of rotatable bonds is 2. The van der Waals surface area contributed by atoms with Crippen molar-refractivity contribution in [3.05, 3.63) is 57.3 Å². The Morgan fingerprint density at radius 1 is 1.24 bits per heavy atom. The first kappa shape index (κ1) is 12.1. The predicted octanol–water partition coefficient (Wildman–Crippen LogP) is 3.26. The van der Waals surface area contributed by atoms with E-state index in [1.807, 2.05) is 0 Å². The van der Waals surface area contributed by atoms with E-state index in [0.717, 1.165) is 0 Å². The molecular weight excluding hydrogens is 310 g/mol. The highest BCUT2D eigenvalue weighted by molar-refractivity contribution is 9.10. The van der Waals surface area contributed by atoms with Crippen LogP contribution in [0.15, 0.2) is 35.1 Å². The summed E-state index contributed by atoms with van der Waals surface area (Å²) in [4.78, 5) is 19.6. The van der Waals surface area contributed by atoms with Crippen LogP contribution in [-0.2, 0) is 0 Å². The smallest absolute Gasteiger partial charge is 0.229 e. The van der Waals surface area contributed by atoms with Gasteiger partial charge in [0.05, 0.1) is 5.02 Å². The lowest BCUT2D eigenvalue weighted by molar-refractivity contribution is 0.102. The van der Waals surface area contributed by atoms with E-state index in [2.05, 4.69) is 25.9 Å². The van der Waals surface area contributed by atoms with Gasteiger partial charge >= 0.3 is 0 Å². The summed E-state index contributed by atoms with van der Waals surface area (Å²) in [5.41, 5.74) is 0.327. The highest BCUT2D eigenvalue weighted by atomic mass is 79.9. The summed E-state index contributed by atoms with van der Waals surface area (Å²) in [5, 5.41) is 0.440. The van der Waals surface area contributed by atoms with Crippen LogP contribution in [0.4, 0.5) is 4.39 Å². The van der Waals surface area contributed by atoms with E-state index < -0.39 is 5.82 Å². The predicted molar refractivity (Wildman–Crippen MR) is 64.6 cm³/mol. The van der Waals surface area contributed by atoms with Crippen LogP contribution in [0, 0.1) is 5.82 Å². The van der Waals surface area contributed by atoms with Gasteiger partial charge in [0.1, 0.15) is 16.0 Å². The second kappa shape index (κ2) is 4.89. The molecular formula is C11H5BrClFN2O. The maximum absolute atomic E-state index is 13.0. The Bertz CT molecular complexity index is 574. The number of nitrogens with zero attached hydrogens (tertiary/aromatic N) is 2. The molecule has 2 heterocycles. The van der Waals surface area contributed by atoms with Gasteiger partial charge in [-0.3, -0.25) is 9.78 Å². The fourth-order valence-electron chi connectivity index (χ4n) is 1.19. The summed E-state index contributed by atoms with van der Waals surface area (Å²) in [5.74, 6) is -0.909. The van der Waals surface area contributed by atoms with Crippen molar-refractivity contribution < 1.29 is 9.18 Å². The molecule has 0 aliphatic carbocycles. The van der Waals surface area contributed by atoms with Crippen molar-refractivity contribution in [1.82, 2.24) is 9.97 Å². The van der Waals surface area contributed by atoms with Crippen molar-refractivity contribution in [2.24, 2.45) is 0 Å². The molecule has 0 spiro atoms. The fourth-order valence-corrected chi connectivity index (χ4v) is 1.62. The molecule has 17 heavy (non-hydrogen) atoms. The van der Waals surface area contributed by atoms with Crippen LogP contribution in [-0.4, -0.2) is 15.8 Å². The van der Waals surface area contributed by atoms with E-state index in [9.17, 15) is 9.18 Å². The summed E-state index contributed by atoms with van der Waals surface area (Å²) in [7, 11) is 0. The van der Waals surface area contributed by atoms with E-state index >= 15 is 0 Å². The molecule has 0 fully saturated rings. The summed E-state index contributed by atoms with van der Waals surface area (Å²) in [6, 6.07) is 5.52. The lowest BCUT2D eigenvalue weighted by atomic mass is 10.2. The third-order valence-corrected chi connectivity index (χ3v) is 2.78. The lowest BCUT2D eigenvalue weighted by Gasteiger charge is -2.01. The molecule has 0 saturated carbocycles. The van der Waals surface area contributed by atoms with Gasteiger partial charge in [0, 0.05) is 6.20 Å². The minimum Gasteiger partial charge on any atom is -0.285 e. The number of hydrogen-bond acceptors (Lipinski definition) is 3. The van der Waals surface area contributed by atoms with Gasteiger partial charge < -0.3 is 0 Å². The van der Waals surface area contributed by atoms with Gasteiger partial charge in [-0.15, -0.1) is 0 Å². The molecule has 0 amide bonds. The maximum Gasteiger partial charge on any atom is 0.229 e. The molecule has 0 N–H and O–H groups in total. The molecule has 0 aromatic carbocycles. The fraction of sp³-hybridized carbons (Fsp3) is 0. The number of ketones is 1. The normalized spacial score (nSPS) is 10.3. The van der Waals surface area contributed by atoms with Gasteiger partial charge in [0.2, 0.25) is 5.78 Å². The van der Waals surface area contributed by atoms with Crippen molar-refractivity contribution in [2.75, 3.05) is 0 Å². The maximum atomic E-state index is 13.0. The first-order valence-electron chi connectivity index (χ1n) is 4.56. The Kier molecular flexibility index (Phi) is 3.49. The zero-order valence-corrected chi connectivity index (χ0v) is 10.7. The molecule has 0 aliphatic heterocycles. The highest BCUT2D eigenvalue weighted by Gasteiger charge is 2.13. The van der Waals surface area contributed by atoms with Gasteiger partial charge in [0.15, 0.2) is 5.82 Å². The van der Waals surface area contributed by atoms with Crippen LogP contribution in [0.2, 0.25) is 5.02 Å². The Morgan fingerprint density at radius 3 is 2.53 bits per heavy atom. The minimum absolute atomic E-state index is 0.00249. The van der Waals surface area contributed by atoms with Crippen molar-refractivity contribution in [2.45, 2.75) is 0 Å². The molecule has 0 atom stereocenters. The molecule has 0 unspecified atom stereocenters. The SMILES string of the molecule is O=C(c1ccc(Cl)cn1)c1ccc(F)c(Br)n1. The Labute approximate surface area is 110 Å². The molecule has 6 heteroatoms. The third kappa shape index (κ3) is 2.68. The zero-order valence-electron chi connectivity index (χ0n) is 8.32. The van der Waals surface area contributed by atoms with Gasteiger partial charge in [-0.25, -0.2) is 9.37 Å². The van der Waals surface area contributed by atoms with Gasteiger partial charge in [-0.05, 0) is 40.2 Å². The van der Waals surface area contributed by atoms with E-state index in [1.54, 1.807) is 6.07 Å². The van der Waals surface area contributed by atoms with Crippen molar-refractivity contribution >= 4 is 33.3 Å². The first-order valence-corrected chi connectivity index (χ1v) is 5.73. The molecule has 86 valence electrons. The standard InChI is InChI=1S/C11H5BrClFN2O/c12-11-7(14)2-4-9(16-11)10(17)8-3-1-6(13)5-15-8/h1-5H. The Morgan fingerprint density at radius 2 is 1.94 bits per heavy atom. The van der Waals surface area contributed by atoms with Gasteiger partial charge in [-0.1, -0.05) is 11.6 Å². The lowest BCUT2D eigenvalue weighted by Crippen LogP contribution is -2.06. The second-order valence-corrected chi connectivity index (χ2v) is 4.35. The second-order valence-electron chi connectivity index (χ2n) is 3.16. The molecule has 0 aliphatic rings. The van der Waals surface area contributed by atoms with E-state index in [-0.39, 0.29) is 21.8 Å². The largest absolute Gasteiger partial charge is 0.285 e. The van der Waals surface area contributed by atoms with Crippen molar-refractivity contribution in [3.63, 3.8) is 0 Å². The molecule has 2 rings (SSSR count). The number of pyridine rings is 2. The van der Waals surface area contributed by atoms with Crippen LogP contribution in [0.25, 0.3) is 0 Å². The number of aromatic nitrogens is 2. The topological polar surface area (TPSA) is 42.9 Å². The van der Waals surface area contributed by atoms with E-state index in [0.29, 0.717) is 5.02 Å². The monoisotopic (exact) mass is 314 g/mol. The average molecular weight is 316 g/mol. The number of hydrogen-bond donors (Lipinski definition) is 0. The molecule has 2 aromatic rings. The van der Waals surface area contributed by atoms with E-state index in [1.165, 1.54) is 24.4 Å². The highest BCUT2D eigenvalue weighted by Crippen LogP contribution is 2.15. The Balaban J connectivity index is 2.37. The molecule has 0 saturated heterocycles. The van der Waals surface area contributed by atoms with Crippen LogP contribution < -0.4 is 0 Å². The third-order valence-electron chi connectivity index (χ3n) is 2.00. The summed E-state index contributed by atoms with van der Waals surface area (Å²) < 4.78 is 13.0. The van der Waals surface area contributed by atoms with Crippen LogP contribution >= 0.6 is 27.5 Å². The molecule has 0 radical (unpaired) electrons. The summed E-state index contributed by atoms with van der Waals surface area (Å²) in [6.07, 6.45) is 1.37. The van der Waals surface area contributed by atoms with Crippen LogP contribution in [0.3, 0.4) is 0 Å². The minimum atomic E-state index is -0.523. The van der Waals surface area contributed by atoms with Crippen LogP contribution in [0.5, 0.6) is 0 Å². The summed E-state index contributed by atoms with van der Waals surface area (Å²) >= 11 is 8.58. The first-order chi connectivity index (χ1) is 8.08. The van der Waals surface area contributed by atoms with Crippen molar-refractivity contribution in [1.29, 1.82) is 0 Å². The Hall–Kier alpha value is -1.33.